The lowest BCUT2D eigenvalue weighted by Gasteiger charge is -2.21. The van der Waals surface area contributed by atoms with Crippen LogP contribution < -0.4 is 0 Å². The molecular formula is C12H19NO5. The molecule has 0 aliphatic carbocycles. The lowest BCUT2D eigenvalue weighted by Crippen LogP contribution is -2.42. The van der Waals surface area contributed by atoms with Crippen molar-refractivity contribution in [2.75, 3.05) is 33.0 Å². The third-order valence-corrected chi connectivity index (χ3v) is 3.46. The molecular weight excluding hydrogens is 238 g/mol. The number of ether oxygens (including phenoxy) is 2. The largest absolute Gasteiger partial charge is 0.480 e. The van der Waals surface area contributed by atoms with Gasteiger partial charge in [-0.3, -0.25) is 4.79 Å². The highest BCUT2D eigenvalue weighted by atomic mass is 16.5. The third kappa shape index (κ3) is 3.20. The van der Waals surface area contributed by atoms with Crippen molar-refractivity contribution in [1.82, 2.24) is 4.90 Å². The van der Waals surface area contributed by atoms with Crippen LogP contribution in [0.25, 0.3) is 0 Å². The first-order valence-corrected chi connectivity index (χ1v) is 6.36. The average Bonchev–Trinajstić information content (AvgIpc) is 2.99. The molecule has 2 heterocycles. The zero-order valence-corrected chi connectivity index (χ0v) is 10.3. The van der Waals surface area contributed by atoms with Gasteiger partial charge in [0.05, 0.1) is 13.2 Å². The Bertz CT molecular complexity index is 314. The molecule has 0 bridgehead atoms. The number of rotatable bonds is 5. The fraction of sp³-hybridized carbons (Fsp3) is 0.833. The van der Waals surface area contributed by atoms with Crippen molar-refractivity contribution in [2.24, 2.45) is 5.92 Å². The zero-order valence-electron chi connectivity index (χ0n) is 10.3. The lowest BCUT2D eigenvalue weighted by atomic mass is 10.1. The van der Waals surface area contributed by atoms with Gasteiger partial charge in [-0.15, -0.1) is 0 Å². The molecule has 0 aromatic rings. The van der Waals surface area contributed by atoms with Crippen LogP contribution in [0, 0.1) is 5.92 Å². The van der Waals surface area contributed by atoms with Crippen LogP contribution in [0.5, 0.6) is 0 Å². The Balaban J connectivity index is 1.71. The van der Waals surface area contributed by atoms with Gasteiger partial charge >= 0.3 is 5.97 Å². The molecule has 2 aliphatic heterocycles. The molecule has 0 saturated carbocycles. The summed E-state index contributed by atoms with van der Waals surface area (Å²) < 4.78 is 10.6. The molecule has 102 valence electrons. The molecule has 1 N–H and O–H groups in total. The number of likely N-dealkylation sites (tertiary alicyclic amines) is 1. The summed E-state index contributed by atoms with van der Waals surface area (Å²) in [6, 6.07) is -0.670. The van der Waals surface area contributed by atoms with Gasteiger partial charge in [-0.1, -0.05) is 0 Å². The predicted molar refractivity (Wildman–Crippen MR) is 62.1 cm³/mol. The van der Waals surface area contributed by atoms with Crippen molar-refractivity contribution in [3.8, 4) is 0 Å². The minimum atomic E-state index is -0.926. The molecule has 0 aromatic heterocycles. The van der Waals surface area contributed by atoms with E-state index in [1.807, 2.05) is 0 Å². The number of carbonyl (C=O) groups is 2. The van der Waals surface area contributed by atoms with E-state index in [4.69, 9.17) is 14.6 Å². The summed E-state index contributed by atoms with van der Waals surface area (Å²) in [6.07, 6.45) is 2.26. The van der Waals surface area contributed by atoms with Gasteiger partial charge in [-0.25, -0.2) is 4.79 Å². The normalized spacial score (nSPS) is 27.7. The summed E-state index contributed by atoms with van der Waals surface area (Å²) in [6.45, 7) is 2.45. The van der Waals surface area contributed by atoms with Gasteiger partial charge in [-0.05, 0) is 19.3 Å². The maximum Gasteiger partial charge on any atom is 0.326 e. The van der Waals surface area contributed by atoms with Gasteiger partial charge in [0.25, 0.3) is 0 Å². The van der Waals surface area contributed by atoms with Crippen LogP contribution in [0.3, 0.4) is 0 Å². The highest BCUT2D eigenvalue weighted by Gasteiger charge is 2.33. The van der Waals surface area contributed by atoms with E-state index in [-0.39, 0.29) is 12.5 Å². The smallest absolute Gasteiger partial charge is 0.326 e. The van der Waals surface area contributed by atoms with Crippen molar-refractivity contribution < 1.29 is 24.2 Å². The van der Waals surface area contributed by atoms with E-state index in [0.29, 0.717) is 32.1 Å². The Hall–Kier alpha value is -1.14. The minimum absolute atomic E-state index is 0.0275. The molecule has 2 rings (SSSR count). The standard InChI is InChI=1S/C12H19NO5/c14-11(8-18-7-9-3-5-17-6-9)13-4-1-2-10(13)12(15)16/h9-10H,1-8H2,(H,15,16)/t9-,10-/m0/s1. The fourth-order valence-corrected chi connectivity index (χ4v) is 2.43. The second kappa shape index (κ2) is 6.15. The van der Waals surface area contributed by atoms with E-state index in [1.54, 1.807) is 0 Å². The molecule has 6 heteroatoms. The van der Waals surface area contributed by atoms with Gasteiger partial charge < -0.3 is 19.5 Å². The Morgan fingerprint density at radius 1 is 1.39 bits per heavy atom. The zero-order chi connectivity index (χ0) is 13.0. The summed E-state index contributed by atoms with van der Waals surface area (Å²) in [5.41, 5.74) is 0. The van der Waals surface area contributed by atoms with E-state index in [0.717, 1.165) is 19.4 Å². The van der Waals surface area contributed by atoms with E-state index in [9.17, 15) is 9.59 Å². The maximum absolute atomic E-state index is 11.8. The Labute approximate surface area is 106 Å². The summed E-state index contributed by atoms with van der Waals surface area (Å²) in [5, 5.41) is 8.98. The molecule has 0 spiro atoms. The minimum Gasteiger partial charge on any atom is -0.480 e. The molecule has 2 aliphatic rings. The van der Waals surface area contributed by atoms with Crippen LogP contribution in [0.4, 0.5) is 0 Å². The number of aliphatic carboxylic acids is 1. The van der Waals surface area contributed by atoms with E-state index in [2.05, 4.69) is 0 Å². The predicted octanol–water partition coefficient (Wildman–Crippen LogP) is 0.115. The second-order valence-corrected chi connectivity index (χ2v) is 4.83. The SMILES string of the molecule is O=C(O)[C@@H]1CCCN1C(=O)COC[C@H]1CCOC1. The number of carbonyl (C=O) groups excluding carboxylic acids is 1. The van der Waals surface area contributed by atoms with Gasteiger partial charge in [-0.2, -0.15) is 0 Å². The highest BCUT2D eigenvalue weighted by Crippen LogP contribution is 2.18. The van der Waals surface area contributed by atoms with Crippen molar-refractivity contribution >= 4 is 11.9 Å². The van der Waals surface area contributed by atoms with Crippen molar-refractivity contribution in [3.05, 3.63) is 0 Å². The monoisotopic (exact) mass is 257 g/mol. The molecule has 1 amide bonds. The van der Waals surface area contributed by atoms with Crippen molar-refractivity contribution in [2.45, 2.75) is 25.3 Å². The quantitative estimate of drug-likeness (QED) is 0.756. The lowest BCUT2D eigenvalue weighted by molar-refractivity contribution is -0.150. The molecule has 0 unspecified atom stereocenters. The van der Waals surface area contributed by atoms with Crippen LogP contribution in [0.2, 0.25) is 0 Å². The first-order chi connectivity index (χ1) is 8.68. The summed E-state index contributed by atoms with van der Waals surface area (Å²) in [7, 11) is 0. The maximum atomic E-state index is 11.8. The van der Waals surface area contributed by atoms with Gasteiger partial charge in [0.2, 0.25) is 5.91 Å². The van der Waals surface area contributed by atoms with Crippen LogP contribution in [-0.2, 0) is 19.1 Å². The summed E-state index contributed by atoms with van der Waals surface area (Å²) >= 11 is 0. The van der Waals surface area contributed by atoms with Crippen molar-refractivity contribution in [3.63, 3.8) is 0 Å². The van der Waals surface area contributed by atoms with Crippen LogP contribution in [-0.4, -0.2) is 60.9 Å². The first kappa shape index (κ1) is 13.3. The highest BCUT2D eigenvalue weighted by molar-refractivity contribution is 5.84. The molecule has 2 saturated heterocycles. The number of amides is 1. The molecule has 0 aromatic carbocycles. The summed E-state index contributed by atoms with van der Waals surface area (Å²) in [5.74, 6) is -0.782. The molecule has 2 atom stereocenters. The van der Waals surface area contributed by atoms with Crippen LogP contribution in [0.1, 0.15) is 19.3 Å². The van der Waals surface area contributed by atoms with Gasteiger partial charge in [0.1, 0.15) is 12.6 Å². The fourth-order valence-electron chi connectivity index (χ4n) is 2.43. The molecule has 2 fully saturated rings. The number of carboxylic acids is 1. The van der Waals surface area contributed by atoms with Crippen LogP contribution in [0.15, 0.2) is 0 Å². The molecule has 18 heavy (non-hydrogen) atoms. The number of carboxylic acid groups (broad SMARTS) is 1. The molecule has 0 radical (unpaired) electrons. The molecule has 6 nitrogen and oxygen atoms in total. The van der Waals surface area contributed by atoms with Crippen LogP contribution >= 0.6 is 0 Å². The Morgan fingerprint density at radius 3 is 2.89 bits per heavy atom. The van der Waals surface area contributed by atoms with Gasteiger partial charge in [0.15, 0.2) is 0 Å². The summed E-state index contributed by atoms with van der Waals surface area (Å²) in [4.78, 5) is 24.2. The van der Waals surface area contributed by atoms with Gasteiger partial charge in [0, 0.05) is 19.1 Å². The van der Waals surface area contributed by atoms with Crippen molar-refractivity contribution in [1.29, 1.82) is 0 Å². The second-order valence-electron chi connectivity index (χ2n) is 4.83. The number of hydrogen-bond acceptors (Lipinski definition) is 4. The Morgan fingerprint density at radius 2 is 2.22 bits per heavy atom. The van der Waals surface area contributed by atoms with E-state index >= 15 is 0 Å². The Kier molecular flexibility index (Phi) is 4.54. The average molecular weight is 257 g/mol. The number of nitrogens with zero attached hydrogens (tertiary/aromatic N) is 1. The first-order valence-electron chi connectivity index (χ1n) is 6.36. The van der Waals surface area contributed by atoms with E-state index in [1.165, 1.54) is 4.90 Å². The van der Waals surface area contributed by atoms with E-state index < -0.39 is 12.0 Å². The number of hydrogen-bond donors (Lipinski definition) is 1. The topological polar surface area (TPSA) is 76.1 Å². The third-order valence-electron chi connectivity index (χ3n) is 3.46.